The molecule has 23 heavy (non-hydrogen) atoms. The molecule has 0 radical (unpaired) electrons. The van der Waals surface area contributed by atoms with Gasteiger partial charge in [0.1, 0.15) is 6.04 Å². The predicted molar refractivity (Wildman–Crippen MR) is 89.2 cm³/mol. The van der Waals surface area contributed by atoms with Crippen molar-refractivity contribution in [3.8, 4) is 0 Å². The number of carboxylic acids is 1. The smallest absolute Gasteiger partial charge is 0.326 e. The summed E-state index contributed by atoms with van der Waals surface area (Å²) in [6.07, 6.45) is 1.17. The maximum absolute atomic E-state index is 12.0. The molecule has 2 aromatic carbocycles. The van der Waals surface area contributed by atoms with E-state index in [1.807, 2.05) is 61.5 Å². The lowest BCUT2D eigenvalue weighted by Gasteiger charge is -2.15. The van der Waals surface area contributed by atoms with Crippen molar-refractivity contribution in [2.45, 2.75) is 32.2 Å². The number of carbonyl (C=O) groups excluding carboxylic acids is 1. The molecule has 1 amide bonds. The molecule has 120 valence electrons. The third kappa shape index (κ3) is 5.58. The first kappa shape index (κ1) is 16.7. The van der Waals surface area contributed by atoms with Crippen LogP contribution in [0.4, 0.5) is 0 Å². The van der Waals surface area contributed by atoms with E-state index in [-0.39, 0.29) is 18.7 Å². The van der Waals surface area contributed by atoms with Crippen LogP contribution in [0.15, 0.2) is 54.6 Å². The SMILES string of the molecule is Cc1cccc(C[C@@H](NC(=O)CCc2ccccc2)C(=O)O)c1. The van der Waals surface area contributed by atoms with E-state index < -0.39 is 12.0 Å². The highest BCUT2D eigenvalue weighted by Crippen LogP contribution is 2.08. The lowest BCUT2D eigenvalue weighted by molar-refractivity contribution is -0.141. The zero-order valence-corrected chi connectivity index (χ0v) is 13.2. The van der Waals surface area contributed by atoms with E-state index in [2.05, 4.69) is 5.32 Å². The summed E-state index contributed by atoms with van der Waals surface area (Å²) in [5.41, 5.74) is 3.04. The molecule has 0 aliphatic carbocycles. The topological polar surface area (TPSA) is 66.4 Å². The van der Waals surface area contributed by atoms with Gasteiger partial charge in [0.15, 0.2) is 0 Å². The third-order valence-electron chi connectivity index (χ3n) is 3.64. The van der Waals surface area contributed by atoms with Crippen LogP contribution < -0.4 is 5.32 Å². The summed E-state index contributed by atoms with van der Waals surface area (Å²) in [7, 11) is 0. The number of nitrogens with one attached hydrogen (secondary N) is 1. The van der Waals surface area contributed by atoms with Crippen LogP contribution in [-0.2, 0) is 22.4 Å². The Kier molecular flexibility index (Phi) is 5.92. The number of rotatable bonds is 7. The number of carboxylic acid groups (broad SMARTS) is 1. The Morgan fingerprint density at radius 3 is 2.39 bits per heavy atom. The van der Waals surface area contributed by atoms with Gasteiger partial charge in [-0.3, -0.25) is 4.79 Å². The molecule has 0 heterocycles. The van der Waals surface area contributed by atoms with Crippen molar-refractivity contribution in [1.82, 2.24) is 5.32 Å². The first-order valence-corrected chi connectivity index (χ1v) is 7.66. The highest BCUT2D eigenvalue weighted by molar-refractivity contribution is 5.83. The van der Waals surface area contributed by atoms with E-state index in [4.69, 9.17) is 0 Å². The van der Waals surface area contributed by atoms with Crippen molar-refractivity contribution in [2.75, 3.05) is 0 Å². The number of aryl methyl sites for hydroxylation is 2. The maximum Gasteiger partial charge on any atom is 0.326 e. The van der Waals surface area contributed by atoms with Gasteiger partial charge in [-0.1, -0.05) is 60.2 Å². The summed E-state index contributed by atoms with van der Waals surface area (Å²) in [5, 5.41) is 11.9. The molecule has 2 aromatic rings. The summed E-state index contributed by atoms with van der Waals surface area (Å²) in [6.45, 7) is 1.96. The van der Waals surface area contributed by atoms with Crippen LogP contribution in [0.2, 0.25) is 0 Å². The number of benzene rings is 2. The Bertz CT molecular complexity index is 667. The van der Waals surface area contributed by atoms with Crippen molar-refractivity contribution in [3.05, 3.63) is 71.3 Å². The number of aliphatic carboxylic acids is 1. The standard InChI is InChI=1S/C19H21NO3/c1-14-6-5-9-16(12-14)13-17(19(22)23)20-18(21)11-10-15-7-3-2-4-8-15/h2-9,12,17H,10-11,13H2,1H3,(H,20,21)(H,22,23)/t17-/m1/s1. The Morgan fingerprint density at radius 2 is 1.74 bits per heavy atom. The predicted octanol–water partition coefficient (Wildman–Crippen LogP) is 2.74. The van der Waals surface area contributed by atoms with Gasteiger partial charge in [-0.25, -0.2) is 4.79 Å². The summed E-state index contributed by atoms with van der Waals surface area (Å²) >= 11 is 0. The van der Waals surface area contributed by atoms with E-state index in [1.54, 1.807) is 0 Å². The molecule has 4 nitrogen and oxygen atoms in total. The summed E-state index contributed by atoms with van der Waals surface area (Å²) in [5.74, 6) is -1.26. The van der Waals surface area contributed by atoms with Crippen molar-refractivity contribution in [1.29, 1.82) is 0 Å². The minimum atomic E-state index is -1.01. The molecule has 2 N–H and O–H groups in total. The van der Waals surface area contributed by atoms with Crippen LogP contribution >= 0.6 is 0 Å². The molecule has 0 bridgehead atoms. The summed E-state index contributed by atoms with van der Waals surface area (Å²) < 4.78 is 0. The minimum absolute atomic E-state index is 0.242. The fourth-order valence-corrected chi connectivity index (χ4v) is 2.44. The molecule has 0 aliphatic rings. The Balaban J connectivity index is 1.91. The second-order valence-corrected chi connectivity index (χ2v) is 5.64. The van der Waals surface area contributed by atoms with Crippen LogP contribution in [0.25, 0.3) is 0 Å². The van der Waals surface area contributed by atoms with Crippen molar-refractivity contribution < 1.29 is 14.7 Å². The number of hydrogen-bond acceptors (Lipinski definition) is 2. The molecule has 1 atom stereocenters. The van der Waals surface area contributed by atoms with Crippen LogP contribution in [0.3, 0.4) is 0 Å². The average molecular weight is 311 g/mol. The molecule has 2 rings (SSSR count). The monoisotopic (exact) mass is 311 g/mol. The van der Waals surface area contributed by atoms with Crippen LogP contribution in [-0.4, -0.2) is 23.0 Å². The Hall–Kier alpha value is -2.62. The quantitative estimate of drug-likeness (QED) is 0.826. The first-order chi connectivity index (χ1) is 11.0. The maximum atomic E-state index is 12.0. The zero-order chi connectivity index (χ0) is 16.7. The summed E-state index contributed by atoms with van der Waals surface area (Å²) in [6, 6.07) is 16.4. The van der Waals surface area contributed by atoms with Gasteiger partial charge in [0.25, 0.3) is 0 Å². The van der Waals surface area contributed by atoms with Crippen molar-refractivity contribution in [2.24, 2.45) is 0 Å². The number of hydrogen-bond donors (Lipinski definition) is 2. The molecule has 4 heteroatoms. The van der Waals surface area contributed by atoms with E-state index in [0.29, 0.717) is 6.42 Å². The fraction of sp³-hybridized carbons (Fsp3) is 0.263. The Morgan fingerprint density at radius 1 is 1.04 bits per heavy atom. The van der Waals surface area contributed by atoms with Gasteiger partial charge in [0.05, 0.1) is 0 Å². The second-order valence-electron chi connectivity index (χ2n) is 5.64. The van der Waals surface area contributed by atoms with E-state index in [9.17, 15) is 14.7 Å². The van der Waals surface area contributed by atoms with Crippen molar-refractivity contribution >= 4 is 11.9 Å². The highest BCUT2D eigenvalue weighted by atomic mass is 16.4. The Labute approximate surface area is 136 Å². The first-order valence-electron chi connectivity index (χ1n) is 7.66. The van der Waals surface area contributed by atoms with Gasteiger partial charge in [-0.15, -0.1) is 0 Å². The van der Waals surface area contributed by atoms with Crippen LogP contribution in [0.5, 0.6) is 0 Å². The van der Waals surface area contributed by atoms with E-state index >= 15 is 0 Å². The number of carbonyl (C=O) groups is 2. The molecule has 0 aromatic heterocycles. The molecule has 0 saturated carbocycles. The lowest BCUT2D eigenvalue weighted by atomic mass is 10.0. The van der Waals surface area contributed by atoms with Crippen molar-refractivity contribution in [3.63, 3.8) is 0 Å². The average Bonchev–Trinajstić information content (AvgIpc) is 2.53. The van der Waals surface area contributed by atoms with Gasteiger partial charge in [0, 0.05) is 12.8 Å². The molecule has 0 saturated heterocycles. The van der Waals surface area contributed by atoms with Crippen LogP contribution in [0, 0.1) is 6.92 Å². The fourth-order valence-electron chi connectivity index (χ4n) is 2.44. The van der Waals surface area contributed by atoms with E-state index in [1.165, 1.54) is 0 Å². The van der Waals surface area contributed by atoms with Gasteiger partial charge in [-0.2, -0.15) is 0 Å². The minimum Gasteiger partial charge on any atom is -0.480 e. The largest absolute Gasteiger partial charge is 0.480 e. The molecular weight excluding hydrogens is 290 g/mol. The third-order valence-corrected chi connectivity index (χ3v) is 3.64. The highest BCUT2D eigenvalue weighted by Gasteiger charge is 2.20. The summed E-state index contributed by atoms with van der Waals surface area (Å²) in [4.78, 5) is 23.4. The van der Waals surface area contributed by atoms with Crippen LogP contribution in [0.1, 0.15) is 23.1 Å². The molecular formula is C19H21NO3. The normalized spacial score (nSPS) is 11.7. The number of amides is 1. The zero-order valence-electron chi connectivity index (χ0n) is 13.2. The van der Waals surface area contributed by atoms with Gasteiger partial charge < -0.3 is 10.4 Å². The van der Waals surface area contributed by atoms with Gasteiger partial charge in [0.2, 0.25) is 5.91 Å². The van der Waals surface area contributed by atoms with E-state index in [0.717, 1.165) is 16.7 Å². The molecule has 0 unspecified atom stereocenters. The van der Waals surface area contributed by atoms with Gasteiger partial charge >= 0.3 is 5.97 Å². The van der Waals surface area contributed by atoms with Gasteiger partial charge in [-0.05, 0) is 24.5 Å². The molecule has 0 aliphatic heterocycles. The molecule has 0 spiro atoms. The lowest BCUT2D eigenvalue weighted by Crippen LogP contribution is -2.42. The molecule has 0 fully saturated rings. The second kappa shape index (κ2) is 8.13.